The van der Waals surface area contributed by atoms with E-state index in [2.05, 4.69) is 4.98 Å². The highest BCUT2D eigenvalue weighted by atomic mass is 31.2. The van der Waals surface area contributed by atoms with Crippen molar-refractivity contribution in [3.63, 3.8) is 0 Å². The smallest absolute Gasteiger partial charge is 0.388 e. The maximum atomic E-state index is 12.0. The molecule has 1 aromatic heterocycles. The molecule has 12 N–H and O–H groups in total. The van der Waals surface area contributed by atoms with E-state index >= 15 is 0 Å². The van der Waals surface area contributed by atoms with Crippen LogP contribution in [-0.2, 0) is 18.4 Å². The molecule has 0 bridgehead atoms. The molecule has 2 fully saturated rings. The summed E-state index contributed by atoms with van der Waals surface area (Å²) in [5, 5.41) is 19.8. The maximum absolute atomic E-state index is 12.0. The molecular weight excluding hydrogens is 561 g/mol. The number of ether oxygens (including phenoxy) is 1. The predicted octanol–water partition coefficient (Wildman–Crippen LogP) is -2.95. The minimum Gasteiger partial charge on any atom is -0.388 e. The molecule has 36 heavy (non-hydrogen) atoms. The summed E-state index contributed by atoms with van der Waals surface area (Å²) in [6, 6.07) is 0.0778. The number of aromatic nitrogens is 2. The van der Waals surface area contributed by atoms with E-state index in [9.17, 15) is 19.8 Å². The van der Waals surface area contributed by atoms with Crippen molar-refractivity contribution in [1.29, 1.82) is 0 Å². The fraction of sp³-hybridized carbons (Fsp3) is 0.714. The van der Waals surface area contributed by atoms with Crippen molar-refractivity contribution in [2.45, 2.75) is 63.1 Å². The van der Waals surface area contributed by atoms with Gasteiger partial charge < -0.3 is 59.0 Å². The van der Waals surface area contributed by atoms with Gasteiger partial charge in [0, 0.05) is 12.2 Å². The Morgan fingerprint density at radius 1 is 0.833 bits per heavy atom. The molecule has 0 radical (unpaired) electrons. The first-order chi connectivity index (χ1) is 16.0. The molecule has 2 heterocycles. The van der Waals surface area contributed by atoms with Gasteiger partial charge in [-0.15, -0.1) is 0 Å². The summed E-state index contributed by atoms with van der Waals surface area (Å²) in [5.41, 5.74) is -0.811. The number of nitrogens with one attached hydrogen (secondary N) is 1. The SMILES string of the molecule is C[C@H]1O[C@@H](c2cn(C3CCCC3)c(=O)[nH]c2=O)[C@H](O)[C@@H]1O.O=P(O)(O)O.O=P(O)(O)O.O=P(O)(O)O. The second-order valence-electron chi connectivity index (χ2n) is 7.47. The van der Waals surface area contributed by atoms with Gasteiger partial charge in [-0.25, -0.2) is 18.5 Å². The van der Waals surface area contributed by atoms with Gasteiger partial charge in [-0.05, 0) is 19.8 Å². The summed E-state index contributed by atoms with van der Waals surface area (Å²) in [4.78, 5) is 90.9. The van der Waals surface area contributed by atoms with E-state index in [4.69, 9.17) is 62.5 Å². The van der Waals surface area contributed by atoms with Crippen LogP contribution in [0.15, 0.2) is 15.8 Å². The van der Waals surface area contributed by atoms with Crippen molar-refractivity contribution in [2.24, 2.45) is 0 Å². The summed E-state index contributed by atoms with van der Waals surface area (Å²) in [7, 11) is -13.9. The molecule has 2 aliphatic rings. The Bertz CT molecular complexity index is 1010. The average molecular weight is 590 g/mol. The maximum Gasteiger partial charge on any atom is 0.466 e. The highest BCUT2D eigenvalue weighted by Gasteiger charge is 2.42. The molecule has 212 valence electrons. The second kappa shape index (κ2) is 14.2. The number of phosphoric acid groups is 3. The predicted molar refractivity (Wildman–Crippen MR) is 117 cm³/mol. The molecule has 1 aliphatic heterocycles. The van der Waals surface area contributed by atoms with Crippen LogP contribution in [0.2, 0.25) is 0 Å². The third-order valence-electron chi connectivity index (χ3n) is 4.52. The lowest BCUT2D eigenvalue weighted by Gasteiger charge is -2.18. The first-order valence-electron chi connectivity index (χ1n) is 9.70. The van der Waals surface area contributed by atoms with Gasteiger partial charge in [0.05, 0.1) is 11.7 Å². The summed E-state index contributed by atoms with van der Waals surface area (Å²) in [5.74, 6) is 0. The molecule has 1 saturated heterocycles. The molecule has 1 saturated carbocycles. The van der Waals surface area contributed by atoms with Gasteiger partial charge in [-0.2, -0.15) is 0 Å². The average Bonchev–Trinajstić information content (AvgIpc) is 3.23. The van der Waals surface area contributed by atoms with E-state index < -0.39 is 59.1 Å². The van der Waals surface area contributed by atoms with Crippen LogP contribution in [0.5, 0.6) is 0 Å². The standard InChI is InChI=1S/C14H20N2O5.3H3O4P/c1-7-10(17)11(18)12(21-7)9-6-16(8-4-2-3-5-8)14(20)15-13(9)19;3*1-5(2,3)4/h6-8,10-12,17-18H,2-5H2,1H3,(H,15,19,20);3*(H3,1,2,3,4)/t7-,10-,11-,12+;;;/m1.../s1. The van der Waals surface area contributed by atoms with Gasteiger partial charge in [0.25, 0.3) is 5.56 Å². The van der Waals surface area contributed by atoms with Crippen LogP contribution >= 0.6 is 23.5 Å². The molecule has 19 nitrogen and oxygen atoms in total. The number of aliphatic hydroxyl groups is 2. The number of hydrogen-bond donors (Lipinski definition) is 12. The van der Waals surface area contributed by atoms with Crippen molar-refractivity contribution in [2.75, 3.05) is 0 Å². The normalized spacial score (nSPS) is 24.6. The number of aliphatic hydroxyl groups excluding tert-OH is 2. The minimum absolute atomic E-state index is 0.0778. The van der Waals surface area contributed by atoms with Crippen molar-refractivity contribution in [1.82, 2.24) is 9.55 Å². The Morgan fingerprint density at radius 3 is 1.56 bits per heavy atom. The zero-order valence-electron chi connectivity index (χ0n) is 18.5. The lowest BCUT2D eigenvalue weighted by Crippen LogP contribution is -2.36. The lowest BCUT2D eigenvalue weighted by molar-refractivity contribution is 0.0137. The van der Waals surface area contributed by atoms with Gasteiger partial charge >= 0.3 is 29.2 Å². The molecular formula is C14H29N2O17P3. The first-order valence-corrected chi connectivity index (χ1v) is 14.4. The Balaban J connectivity index is 0.000000672. The number of aromatic amines is 1. The molecule has 0 spiro atoms. The number of hydrogen-bond acceptors (Lipinski definition) is 8. The van der Waals surface area contributed by atoms with Crippen molar-refractivity contribution in [3.05, 3.63) is 32.6 Å². The summed E-state index contributed by atoms with van der Waals surface area (Å²) >= 11 is 0. The van der Waals surface area contributed by atoms with Crippen molar-refractivity contribution < 1.29 is 72.7 Å². The van der Waals surface area contributed by atoms with Gasteiger partial charge in [0.1, 0.15) is 18.3 Å². The van der Waals surface area contributed by atoms with Gasteiger partial charge in [0.2, 0.25) is 0 Å². The van der Waals surface area contributed by atoms with Crippen LogP contribution in [0.25, 0.3) is 0 Å². The molecule has 0 aromatic carbocycles. The van der Waals surface area contributed by atoms with E-state index in [1.165, 1.54) is 10.8 Å². The van der Waals surface area contributed by atoms with E-state index in [1.807, 2.05) is 0 Å². The van der Waals surface area contributed by atoms with Crippen LogP contribution < -0.4 is 11.2 Å². The molecule has 22 heteroatoms. The molecule has 3 rings (SSSR count). The van der Waals surface area contributed by atoms with Crippen LogP contribution in [-0.4, -0.2) is 82.1 Å². The molecule has 1 aromatic rings. The quantitative estimate of drug-likeness (QED) is 0.153. The Labute approximate surface area is 202 Å². The second-order valence-corrected chi connectivity index (χ2v) is 10.6. The summed E-state index contributed by atoms with van der Waals surface area (Å²) in [6.07, 6.45) is 1.72. The Hall–Kier alpha value is -1.11. The fourth-order valence-electron chi connectivity index (χ4n) is 3.26. The molecule has 0 unspecified atom stereocenters. The summed E-state index contributed by atoms with van der Waals surface area (Å²) < 4.78 is 33.6. The van der Waals surface area contributed by atoms with Crippen LogP contribution in [0, 0.1) is 0 Å². The van der Waals surface area contributed by atoms with E-state index in [-0.39, 0.29) is 11.6 Å². The lowest BCUT2D eigenvalue weighted by atomic mass is 10.0. The van der Waals surface area contributed by atoms with E-state index in [0.29, 0.717) is 0 Å². The van der Waals surface area contributed by atoms with Crippen molar-refractivity contribution in [3.8, 4) is 0 Å². The molecule has 4 atom stereocenters. The van der Waals surface area contributed by atoms with E-state index in [1.54, 1.807) is 6.92 Å². The van der Waals surface area contributed by atoms with E-state index in [0.717, 1.165) is 25.7 Å². The monoisotopic (exact) mass is 590 g/mol. The zero-order chi connectivity index (χ0) is 28.6. The van der Waals surface area contributed by atoms with Crippen LogP contribution in [0.4, 0.5) is 0 Å². The zero-order valence-corrected chi connectivity index (χ0v) is 21.1. The van der Waals surface area contributed by atoms with Crippen LogP contribution in [0.3, 0.4) is 0 Å². The minimum atomic E-state index is -4.64. The highest BCUT2D eigenvalue weighted by molar-refractivity contribution is 7.45. The fourth-order valence-corrected chi connectivity index (χ4v) is 3.26. The van der Waals surface area contributed by atoms with Gasteiger partial charge in [-0.3, -0.25) is 14.3 Å². The highest BCUT2D eigenvalue weighted by Crippen LogP contribution is 2.33. The van der Waals surface area contributed by atoms with Gasteiger partial charge in [0.15, 0.2) is 0 Å². The van der Waals surface area contributed by atoms with Crippen LogP contribution in [0.1, 0.15) is 50.3 Å². The van der Waals surface area contributed by atoms with Crippen molar-refractivity contribution >= 4 is 23.5 Å². The summed E-state index contributed by atoms with van der Waals surface area (Å²) in [6.45, 7) is 1.63. The molecule has 0 amide bonds. The number of rotatable bonds is 2. The number of H-pyrrole nitrogens is 1. The molecule has 1 aliphatic carbocycles. The number of nitrogens with zero attached hydrogens (tertiary/aromatic N) is 1. The third-order valence-corrected chi connectivity index (χ3v) is 4.52. The van der Waals surface area contributed by atoms with Gasteiger partial charge in [-0.1, -0.05) is 12.8 Å². The Morgan fingerprint density at radius 2 is 1.22 bits per heavy atom. The largest absolute Gasteiger partial charge is 0.466 e. The topological polar surface area (TPSA) is 338 Å². The third kappa shape index (κ3) is 15.9. The Kier molecular flexibility index (Phi) is 13.7. The first kappa shape index (κ1) is 34.9.